The Hall–Kier alpha value is -2.81. The zero-order valence-electron chi connectivity index (χ0n) is 21.7. The van der Waals surface area contributed by atoms with Crippen LogP contribution in [0.2, 0.25) is 0 Å². The molecule has 0 aromatic carbocycles. The third-order valence-corrected chi connectivity index (χ3v) is 9.18. The maximum absolute atomic E-state index is 14.2. The van der Waals surface area contributed by atoms with Gasteiger partial charge in [0.2, 0.25) is 0 Å². The molecule has 2 aliphatic rings. The number of amides is 2. The van der Waals surface area contributed by atoms with E-state index in [-0.39, 0.29) is 38.2 Å². The summed E-state index contributed by atoms with van der Waals surface area (Å²) in [6.07, 6.45) is -2.42. The van der Waals surface area contributed by atoms with Crippen molar-refractivity contribution in [2.45, 2.75) is 58.5 Å². The number of nitrogens with one attached hydrogen (secondary N) is 2. The zero-order valence-corrected chi connectivity index (χ0v) is 23.4. The van der Waals surface area contributed by atoms with Gasteiger partial charge in [-0.25, -0.2) is 35.9 Å². The molecule has 2 N–H and O–H groups in total. The Morgan fingerprint density at radius 3 is 2.46 bits per heavy atom. The van der Waals surface area contributed by atoms with Crippen molar-refractivity contribution < 1.29 is 35.6 Å². The van der Waals surface area contributed by atoms with E-state index in [2.05, 4.69) is 20.6 Å². The molecular formula is C24H29F4N5O4S2. The normalized spacial score (nSPS) is 20.6. The molecule has 4 rings (SSSR count). The molecule has 0 radical (unpaired) electrons. The number of rotatable bonds is 7. The molecule has 0 aliphatic carbocycles. The summed E-state index contributed by atoms with van der Waals surface area (Å²) in [5, 5.41) is 5.20. The van der Waals surface area contributed by atoms with Crippen LogP contribution in [0.25, 0.3) is 10.4 Å². The first-order valence-electron chi connectivity index (χ1n) is 12.2. The zero-order chi connectivity index (χ0) is 28.9. The molecule has 0 unspecified atom stereocenters. The van der Waals surface area contributed by atoms with E-state index in [0.29, 0.717) is 17.9 Å². The SMILES string of the molecule is C[C@H]1CC(F)(F)CN1C(=O)c1nc(C(=O)NC2CS(=O)(=O)C2)sc1-c1cnc(NCC(C)(C)C)cc1C(F)F. The summed E-state index contributed by atoms with van der Waals surface area (Å²) in [5.74, 6) is -5.19. The van der Waals surface area contributed by atoms with E-state index in [1.807, 2.05) is 20.8 Å². The Bertz CT molecular complexity index is 1380. The highest BCUT2D eigenvalue weighted by Crippen LogP contribution is 2.40. The van der Waals surface area contributed by atoms with Gasteiger partial charge in [0.1, 0.15) is 11.5 Å². The fourth-order valence-corrected chi connectivity index (χ4v) is 6.64. The summed E-state index contributed by atoms with van der Waals surface area (Å²) in [6.45, 7) is 6.86. The van der Waals surface area contributed by atoms with Crippen LogP contribution < -0.4 is 10.6 Å². The van der Waals surface area contributed by atoms with E-state index in [4.69, 9.17) is 0 Å². The van der Waals surface area contributed by atoms with E-state index in [1.165, 1.54) is 6.92 Å². The minimum Gasteiger partial charge on any atom is -0.370 e. The van der Waals surface area contributed by atoms with E-state index in [9.17, 15) is 35.6 Å². The average Bonchev–Trinajstić information content (AvgIpc) is 3.35. The lowest BCUT2D eigenvalue weighted by atomic mass is 9.97. The molecule has 0 bridgehead atoms. The third kappa shape index (κ3) is 6.68. The third-order valence-electron chi connectivity index (χ3n) is 6.27. The Morgan fingerprint density at radius 1 is 1.26 bits per heavy atom. The number of likely N-dealkylation sites (tertiary alicyclic amines) is 1. The molecule has 15 heteroatoms. The summed E-state index contributed by atoms with van der Waals surface area (Å²) in [6, 6.07) is -0.361. The Kier molecular flexibility index (Phi) is 7.71. The van der Waals surface area contributed by atoms with Gasteiger partial charge in [0.15, 0.2) is 14.8 Å². The highest BCUT2D eigenvalue weighted by atomic mass is 32.2. The van der Waals surface area contributed by atoms with Crippen molar-refractivity contribution in [1.29, 1.82) is 0 Å². The average molecular weight is 592 g/mol. The van der Waals surface area contributed by atoms with Gasteiger partial charge in [-0.3, -0.25) is 9.59 Å². The minimum absolute atomic E-state index is 0.112. The van der Waals surface area contributed by atoms with Crippen molar-refractivity contribution in [3.8, 4) is 10.4 Å². The van der Waals surface area contributed by atoms with Gasteiger partial charge in [-0.1, -0.05) is 20.8 Å². The van der Waals surface area contributed by atoms with Crippen LogP contribution in [0.15, 0.2) is 12.3 Å². The summed E-state index contributed by atoms with van der Waals surface area (Å²) in [7, 11) is -3.24. The van der Waals surface area contributed by atoms with Crippen molar-refractivity contribution >= 4 is 38.8 Å². The summed E-state index contributed by atoms with van der Waals surface area (Å²) in [5.41, 5.74) is -1.22. The molecule has 214 valence electrons. The van der Waals surface area contributed by atoms with Crippen molar-refractivity contribution in [1.82, 2.24) is 20.2 Å². The standard InChI is InChI=1S/C24H29F4N5O4S2/c1-12-6-24(27,28)11-33(12)22(35)17-18(38-21(32-17)20(34)31-13-8-39(36,37)9-13)15-7-29-16(5-14(15)19(25)26)30-10-23(2,3)4/h5,7,12-13,19H,6,8-11H2,1-4H3,(H,29,30)(H,31,34)/t12-/m0/s1. The first-order chi connectivity index (χ1) is 17.9. The lowest BCUT2D eigenvalue weighted by molar-refractivity contribution is 0.0118. The largest absolute Gasteiger partial charge is 0.370 e. The van der Waals surface area contributed by atoms with Crippen LogP contribution in [0.1, 0.15) is 66.4 Å². The molecule has 39 heavy (non-hydrogen) atoms. The second kappa shape index (κ2) is 10.3. The van der Waals surface area contributed by atoms with Gasteiger partial charge in [0.25, 0.3) is 24.2 Å². The topological polar surface area (TPSA) is 121 Å². The van der Waals surface area contributed by atoms with Crippen LogP contribution in [0, 0.1) is 5.41 Å². The monoisotopic (exact) mass is 591 g/mol. The lowest BCUT2D eigenvalue weighted by Crippen LogP contribution is -2.52. The number of thiazole rings is 1. The highest BCUT2D eigenvalue weighted by Gasteiger charge is 2.46. The first-order valence-corrected chi connectivity index (χ1v) is 14.8. The molecule has 0 saturated carbocycles. The van der Waals surface area contributed by atoms with Gasteiger partial charge in [-0.2, -0.15) is 0 Å². The van der Waals surface area contributed by atoms with Crippen molar-refractivity contribution in [3.05, 3.63) is 28.5 Å². The second-order valence-electron chi connectivity index (χ2n) is 11.2. The number of hydrogen-bond acceptors (Lipinski definition) is 8. The molecule has 2 aromatic heterocycles. The molecule has 2 aromatic rings. The Labute approximate surface area is 227 Å². The van der Waals surface area contributed by atoms with Gasteiger partial charge in [0.05, 0.1) is 29.0 Å². The van der Waals surface area contributed by atoms with Gasteiger partial charge >= 0.3 is 0 Å². The summed E-state index contributed by atoms with van der Waals surface area (Å²) in [4.78, 5) is 35.3. The summed E-state index contributed by atoms with van der Waals surface area (Å²) < 4.78 is 79.5. The predicted molar refractivity (Wildman–Crippen MR) is 138 cm³/mol. The smallest absolute Gasteiger partial charge is 0.280 e. The second-order valence-corrected chi connectivity index (χ2v) is 14.3. The van der Waals surface area contributed by atoms with Gasteiger partial charge in [-0.05, 0) is 18.4 Å². The summed E-state index contributed by atoms with van der Waals surface area (Å²) >= 11 is 0.639. The van der Waals surface area contributed by atoms with Gasteiger partial charge in [0, 0.05) is 36.3 Å². The molecular weight excluding hydrogens is 562 g/mol. The predicted octanol–water partition coefficient (Wildman–Crippen LogP) is 4.00. The van der Waals surface area contributed by atoms with Crippen LogP contribution >= 0.6 is 11.3 Å². The van der Waals surface area contributed by atoms with Crippen LogP contribution in [-0.2, 0) is 9.84 Å². The van der Waals surface area contributed by atoms with E-state index in [0.717, 1.165) is 17.2 Å². The van der Waals surface area contributed by atoms with Gasteiger partial charge in [-0.15, -0.1) is 11.3 Å². The minimum atomic E-state index is -3.24. The molecule has 2 fully saturated rings. The molecule has 2 amide bonds. The van der Waals surface area contributed by atoms with Crippen molar-refractivity contribution in [2.24, 2.45) is 5.41 Å². The quantitative estimate of drug-likeness (QED) is 0.467. The van der Waals surface area contributed by atoms with E-state index in [1.54, 1.807) is 0 Å². The van der Waals surface area contributed by atoms with Gasteiger partial charge < -0.3 is 15.5 Å². The first kappa shape index (κ1) is 29.2. The van der Waals surface area contributed by atoms with Crippen LogP contribution in [0.5, 0.6) is 0 Å². The number of hydrogen-bond donors (Lipinski definition) is 2. The van der Waals surface area contributed by atoms with E-state index < -0.39 is 70.3 Å². The van der Waals surface area contributed by atoms with Crippen LogP contribution in [-0.4, -0.2) is 77.7 Å². The molecule has 0 spiro atoms. The van der Waals surface area contributed by atoms with Crippen molar-refractivity contribution in [2.75, 3.05) is 29.9 Å². The molecule has 2 aliphatic heterocycles. The fourth-order valence-electron chi connectivity index (χ4n) is 4.35. The number of carbonyl (C=O) groups is 2. The number of halogens is 4. The van der Waals surface area contributed by atoms with Crippen LogP contribution in [0.4, 0.5) is 23.4 Å². The Balaban J connectivity index is 1.74. The highest BCUT2D eigenvalue weighted by molar-refractivity contribution is 7.92. The maximum atomic E-state index is 14.2. The molecule has 4 heterocycles. The van der Waals surface area contributed by atoms with Crippen molar-refractivity contribution in [3.63, 3.8) is 0 Å². The maximum Gasteiger partial charge on any atom is 0.280 e. The number of anilines is 1. The number of sulfone groups is 1. The molecule has 1 atom stereocenters. The number of alkyl halides is 4. The Morgan fingerprint density at radius 2 is 1.92 bits per heavy atom. The molecule has 2 saturated heterocycles. The fraction of sp³-hybridized carbons (Fsp3) is 0.583. The number of carbonyl (C=O) groups excluding carboxylic acids is 2. The number of nitrogens with zero attached hydrogens (tertiary/aromatic N) is 3. The van der Waals surface area contributed by atoms with E-state index >= 15 is 0 Å². The lowest BCUT2D eigenvalue weighted by Gasteiger charge is -2.25. The van der Waals surface area contributed by atoms with Crippen LogP contribution in [0.3, 0.4) is 0 Å². The number of aromatic nitrogens is 2. The molecule has 9 nitrogen and oxygen atoms in total. The number of pyridine rings is 1.